The first-order chi connectivity index (χ1) is 7.22. The van der Waals surface area contributed by atoms with Crippen molar-refractivity contribution < 1.29 is 5.11 Å². The maximum Gasteiger partial charge on any atom is 0.117 e. The molecule has 0 bridgehead atoms. The molecule has 0 aliphatic carbocycles. The van der Waals surface area contributed by atoms with Gasteiger partial charge >= 0.3 is 0 Å². The van der Waals surface area contributed by atoms with E-state index in [0.717, 1.165) is 25.1 Å². The lowest BCUT2D eigenvalue weighted by Crippen LogP contribution is -2.00. The molecule has 2 N–H and O–H groups in total. The molecule has 15 heavy (non-hydrogen) atoms. The number of phenols is 1. The maximum absolute atomic E-state index is 9.43. The standard InChI is InChI=1S/C13H17NO/c1-3-10-6-7-14-13-8-11(15)4-5-12(13)9(10)2/h4-5,8,14-15H,3,6-7H2,1-2H3. The minimum Gasteiger partial charge on any atom is -0.508 e. The molecule has 0 fully saturated rings. The van der Waals surface area contributed by atoms with E-state index in [0.29, 0.717) is 5.75 Å². The fourth-order valence-corrected chi connectivity index (χ4v) is 2.17. The molecule has 0 atom stereocenters. The largest absolute Gasteiger partial charge is 0.508 e. The van der Waals surface area contributed by atoms with Crippen LogP contribution in [-0.2, 0) is 0 Å². The molecule has 0 radical (unpaired) electrons. The third-order valence-corrected chi connectivity index (χ3v) is 3.11. The van der Waals surface area contributed by atoms with Gasteiger partial charge in [-0.15, -0.1) is 0 Å². The van der Waals surface area contributed by atoms with Crippen LogP contribution in [0.1, 0.15) is 32.3 Å². The number of allylic oxidation sites excluding steroid dienone is 1. The molecule has 0 aromatic heterocycles. The van der Waals surface area contributed by atoms with Crippen molar-refractivity contribution in [1.29, 1.82) is 0 Å². The number of hydrogen-bond donors (Lipinski definition) is 2. The van der Waals surface area contributed by atoms with Crippen LogP contribution < -0.4 is 5.32 Å². The Kier molecular flexibility index (Phi) is 2.67. The van der Waals surface area contributed by atoms with Crippen molar-refractivity contribution in [3.63, 3.8) is 0 Å². The van der Waals surface area contributed by atoms with E-state index in [9.17, 15) is 5.11 Å². The highest BCUT2D eigenvalue weighted by atomic mass is 16.3. The molecule has 2 rings (SSSR count). The topological polar surface area (TPSA) is 32.3 Å². The summed E-state index contributed by atoms with van der Waals surface area (Å²) in [6, 6.07) is 5.55. The average molecular weight is 203 g/mol. The van der Waals surface area contributed by atoms with Crippen LogP contribution in [0.15, 0.2) is 23.8 Å². The molecule has 80 valence electrons. The zero-order valence-electron chi connectivity index (χ0n) is 9.30. The first-order valence-electron chi connectivity index (χ1n) is 5.48. The summed E-state index contributed by atoms with van der Waals surface area (Å²) in [5, 5.41) is 12.8. The molecule has 1 aliphatic rings. The fraction of sp³-hybridized carbons (Fsp3) is 0.385. The minimum absolute atomic E-state index is 0.328. The summed E-state index contributed by atoms with van der Waals surface area (Å²) in [7, 11) is 0. The lowest BCUT2D eigenvalue weighted by Gasteiger charge is -2.09. The van der Waals surface area contributed by atoms with Crippen LogP contribution in [0.5, 0.6) is 5.75 Å². The Morgan fingerprint density at radius 2 is 2.20 bits per heavy atom. The molecule has 0 amide bonds. The molecule has 0 saturated carbocycles. The van der Waals surface area contributed by atoms with Crippen molar-refractivity contribution in [2.45, 2.75) is 26.7 Å². The van der Waals surface area contributed by atoms with Crippen LogP contribution in [-0.4, -0.2) is 11.7 Å². The predicted molar refractivity (Wildman–Crippen MR) is 64.1 cm³/mol. The van der Waals surface area contributed by atoms with Crippen LogP contribution in [0.3, 0.4) is 0 Å². The van der Waals surface area contributed by atoms with Crippen molar-refractivity contribution in [2.24, 2.45) is 0 Å². The minimum atomic E-state index is 0.328. The third kappa shape index (κ3) is 1.84. The second-order valence-electron chi connectivity index (χ2n) is 3.99. The van der Waals surface area contributed by atoms with Gasteiger partial charge < -0.3 is 10.4 Å². The van der Waals surface area contributed by atoms with Gasteiger partial charge in [-0.3, -0.25) is 0 Å². The lowest BCUT2D eigenvalue weighted by atomic mass is 9.98. The van der Waals surface area contributed by atoms with Gasteiger partial charge in [-0.2, -0.15) is 0 Å². The molecule has 0 saturated heterocycles. The van der Waals surface area contributed by atoms with Gasteiger partial charge in [-0.25, -0.2) is 0 Å². The normalized spacial score (nSPS) is 15.6. The van der Waals surface area contributed by atoms with Crippen molar-refractivity contribution >= 4 is 11.3 Å². The molecular formula is C13H17NO. The molecule has 1 heterocycles. The van der Waals surface area contributed by atoms with Gasteiger partial charge in [0.2, 0.25) is 0 Å². The highest BCUT2D eigenvalue weighted by Gasteiger charge is 2.12. The molecule has 1 aliphatic heterocycles. The second kappa shape index (κ2) is 3.97. The number of rotatable bonds is 1. The fourth-order valence-electron chi connectivity index (χ4n) is 2.17. The predicted octanol–water partition coefficient (Wildman–Crippen LogP) is 3.39. The average Bonchev–Trinajstić information content (AvgIpc) is 2.37. The summed E-state index contributed by atoms with van der Waals surface area (Å²) >= 11 is 0. The molecule has 2 heteroatoms. The quantitative estimate of drug-likeness (QED) is 0.733. The van der Waals surface area contributed by atoms with Crippen LogP contribution >= 0.6 is 0 Å². The monoisotopic (exact) mass is 203 g/mol. The Hall–Kier alpha value is -1.44. The maximum atomic E-state index is 9.43. The Labute approximate surface area is 90.6 Å². The van der Waals surface area contributed by atoms with E-state index < -0.39 is 0 Å². The summed E-state index contributed by atoms with van der Waals surface area (Å²) in [4.78, 5) is 0. The molecule has 2 nitrogen and oxygen atoms in total. The molecule has 0 unspecified atom stereocenters. The highest BCUT2D eigenvalue weighted by molar-refractivity contribution is 5.79. The Morgan fingerprint density at radius 3 is 2.93 bits per heavy atom. The van der Waals surface area contributed by atoms with E-state index in [1.807, 2.05) is 6.07 Å². The number of anilines is 1. The van der Waals surface area contributed by atoms with Gasteiger partial charge in [0.15, 0.2) is 0 Å². The van der Waals surface area contributed by atoms with Crippen molar-refractivity contribution in [1.82, 2.24) is 0 Å². The third-order valence-electron chi connectivity index (χ3n) is 3.11. The zero-order valence-corrected chi connectivity index (χ0v) is 9.30. The van der Waals surface area contributed by atoms with E-state index >= 15 is 0 Å². The van der Waals surface area contributed by atoms with Gasteiger partial charge in [0.25, 0.3) is 0 Å². The van der Waals surface area contributed by atoms with Gasteiger partial charge in [0, 0.05) is 23.9 Å². The van der Waals surface area contributed by atoms with Crippen molar-refractivity contribution in [2.75, 3.05) is 11.9 Å². The van der Waals surface area contributed by atoms with Crippen LogP contribution in [0, 0.1) is 0 Å². The number of benzene rings is 1. The SMILES string of the molecule is CCC1=C(C)c2ccc(O)cc2NCC1. The molecule has 1 aromatic carbocycles. The number of fused-ring (bicyclic) bond motifs is 1. The summed E-state index contributed by atoms with van der Waals surface area (Å²) in [5.41, 5.74) is 5.14. The van der Waals surface area contributed by atoms with Gasteiger partial charge in [-0.05, 0) is 37.5 Å². The molecule has 1 aromatic rings. The first-order valence-corrected chi connectivity index (χ1v) is 5.48. The van der Waals surface area contributed by atoms with Crippen LogP contribution in [0.25, 0.3) is 5.57 Å². The Bertz CT molecular complexity index is 407. The number of hydrogen-bond acceptors (Lipinski definition) is 2. The van der Waals surface area contributed by atoms with Crippen molar-refractivity contribution in [3.8, 4) is 5.75 Å². The summed E-state index contributed by atoms with van der Waals surface area (Å²) in [5.74, 6) is 0.328. The van der Waals surface area contributed by atoms with Gasteiger partial charge in [0.05, 0.1) is 0 Å². The smallest absolute Gasteiger partial charge is 0.117 e. The Morgan fingerprint density at radius 1 is 1.40 bits per heavy atom. The van der Waals surface area contributed by atoms with E-state index in [1.165, 1.54) is 16.7 Å². The molecular weight excluding hydrogens is 186 g/mol. The summed E-state index contributed by atoms with van der Waals surface area (Å²) in [6.07, 6.45) is 2.20. The molecule has 0 spiro atoms. The van der Waals surface area contributed by atoms with E-state index in [1.54, 1.807) is 12.1 Å². The zero-order chi connectivity index (χ0) is 10.8. The lowest BCUT2D eigenvalue weighted by molar-refractivity contribution is 0.475. The highest BCUT2D eigenvalue weighted by Crippen LogP contribution is 2.33. The van der Waals surface area contributed by atoms with E-state index in [4.69, 9.17) is 0 Å². The van der Waals surface area contributed by atoms with E-state index in [-0.39, 0.29) is 0 Å². The summed E-state index contributed by atoms with van der Waals surface area (Å²) < 4.78 is 0. The van der Waals surface area contributed by atoms with Crippen molar-refractivity contribution in [3.05, 3.63) is 29.3 Å². The van der Waals surface area contributed by atoms with Gasteiger partial charge in [-0.1, -0.05) is 12.5 Å². The van der Waals surface area contributed by atoms with Crippen LogP contribution in [0.4, 0.5) is 5.69 Å². The number of phenolic OH excluding ortho intramolecular Hbond substituents is 1. The van der Waals surface area contributed by atoms with Crippen LogP contribution in [0.2, 0.25) is 0 Å². The summed E-state index contributed by atoms with van der Waals surface area (Å²) in [6.45, 7) is 5.32. The van der Waals surface area contributed by atoms with E-state index in [2.05, 4.69) is 19.2 Å². The Balaban J connectivity index is 2.53. The number of aromatic hydroxyl groups is 1. The van der Waals surface area contributed by atoms with Gasteiger partial charge in [0.1, 0.15) is 5.75 Å². The number of nitrogens with one attached hydrogen (secondary N) is 1. The second-order valence-corrected chi connectivity index (χ2v) is 3.99. The first kappa shape index (κ1) is 10.1.